The van der Waals surface area contributed by atoms with Crippen molar-refractivity contribution in [3.05, 3.63) is 70.8 Å². The zero-order valence-electron chi connectivity index (χ0n) is 23.1. The fourth-order valence-corrected chi connectivity index (χ4v) is 5.41. The van der Waals surface area contributed by atoms with Gasteiger partial charge in [0.05, 0.1) is 11.1 Å². The summed E-state index contributed by atoms with van der Waals surface area (Å²) >= 11 is 0. The number of likely N-dealkylation sites (tertiary alicyclic amines) is 1. The van der Waals surface area contributed by atoms with Crippen LogP contribution in [-0.4, -0.2) is 77.6 Å². The number of carbonyl (C=O) groups excluding carboxylic acids is 2. The molecule has 0 bridgehead atoms. The maximum absolute atomic E-state index is 13.4. The van der Waals surface area contributed by atoms with Crippen molar-refractivity contribution < 1.29 is 40.7 Å². The Morgan fingerprint density at radius 2 is 1.34 bits per heavy atom. The van der Waals surface area contributed by atoms with Gasteiger partial charge in [0.1, 0.15) is 5.60 Å². The van der Waals surface area contributed by atoms with Gasteiger partial charge in [-0.25, -0.2) is 4.79 Å². The van der Waals surface area contributed by atoms with Crippen LogP contribution in [0.4, 0.5) is 31.1 Å². The molecule has 2 amide bonds. The van der Waals surface area contributed by atoms with E-state index < -0.39 is 46.6 Å². The lowest BCUT2D eigenvalue weighted by molar-refractivity contribution is -0.143. The molecule has 41 heavy (non-hydrogen) atoms. The lowest BCUT2D eigenvalue weighted by Crippen LogP contribution is -2.57. The Morgan fingerprint density at radius 3 is 1.85 bits per heavy atom. The molecule has 0 radical (unpaired) electrons. The van der Waals surface area contributed by atoms with Gasteiger partial charge in [0.25, 0.3) is 5.91 Å². The fourth-order valence-electron chi connectivity index (χ4n) is 5.41. The molecule has 2 fully saturated rings. The maximum atomic E-state index is 13.4. The molecule has 0 saturated carbocycles. The number of alkyl halides is 6. The van der Waals surface area contributed by atoms with Gasteiger partial charge in [0.2, 0.25) is 0 Å². The summed E-state index contributed by atoms with van der Waals surface area (Å²) in [6.45, 7) is 7.68. The minimum Gasteiger partial charge on any atom is -0.444 e. The second-order valence-electron chi connectivity index (χ2n) is 11.4. The average Bonchev–Trinajstić information content (AvgIpc) is 2.91. The standard InChI is InChI=1S/C29H33F6N3O3/c1-27(2,3)41-26(40)37-13-11-36(12-14-37)24-9-10-38(18-23(24)19-7-5-4-6-8-19)25(39)20-15-21(28(30,31)32)17-22(16-20)29(33,34)35/h4-8,15-17,23-24H,9-14,18H2,1-3H3/t23-,24-/m0/s1. The van der Waals surface area contributed by atoms with Crippen LogP contribution in [0.25, 0.3) is 0 Å². The maximum Gasteiger partial charge on any atom is 0.416 e. The third kappa shape index (κ3) is 7.52. The highest BCUT2D eigenvalue weighted by atomic mass is 19.4. The van der Waals surface area contributed by atoms with E-state index >= 15 is 0 Å². The Kier molecular flexibility index (Phi) is 8.63. The molecule has 2 heterocycles. The molecule has 4 rings (SSSR count). The second kappa shape index (κ2) is 11.5. The second-order valence-corrected chi connectivity index (χ2v) is 11.4. The van der Waals surface area contributed by atoms with Crippen molar-refractivity contribution >= 4 is 12.0 Å². The molecule has 2 aliphatic heterocycles. The lowest BCUT2D eigenvalue weighted by Gasteiger charge is -2.47. The minimum absolute atomic E-state index is 0.0205. The third-order valence-corrected chi connectivity index (χ3v) is 7.36. The molecular formula is C29H33F6N3O3. The summed E-state index contributed by atoms with van der Waals surface area (Å²) in [7, 11) is 0. The first-order chi connectivity index (χ1) is 19.0. The number of benzene rings is 2. The summed E-state index contributed by atoms with van der Waals surface area (Å²) in [4.78, 5) is 31.1. The average molecular weight is 586 g/mol. The van der Waals surface area contributed by atoms with E-state index in [1.807, 2.05) is 30.3 Å². The lowest BCUT2D eigenvalue weighted by atomic mass is 9.84. The Hall–Kier alpha value is -3.28. The number of ether oxygens (including phenoxy) is 1. The van der Waals surface area contributed by atoms with Gasteiger partial charge >= 0.3 is 18.4 Å². The first-order valence-corrected chi connectivity index (χ1v) is 13.4. The molecule has 2 saturated heterocycles. The largest absolute Gasteiger partial charge is 0.444 e. The van der Waals surface area contributed by atoms with Crippen LogP contribution in [0.3, 0.4) is 0 Å². The molecular weight excluding hydrogens is 552 g/mol. The Balaban J connectivity index is 1.55. The summed E-state index contributed by atoms with van der Waals surface area (Å²) in [5, 5.41) is 0. The van der Waals surface area contributed by atoms with Crippen molar-refractivity contribution in [1.29, 1.82) is 0 Å². The summed E-state index contributed by atoms with van der Waals surface area (Å²) < 4.78 is 85.9. The molecule has 2 atom stereocenters. The van der Waals surface area contributed by atoms with Crippen molar-refractivity contribution in [2.24, 2.45) is 0 Å². The fraction of sp³-hybridized carbons (Fsp3) is 0.517. The van der Waals surface area contributed by atoms with Gasteiger partial charge in [0, 0.05) is 56.8 Å². The van der Waals surface area contributed by atoms with Crippen molar-refractivity contribution in [3.63, 3.8) is 0 Å². The monoisotopic (exact) mass is 585 g/mol. The number of amides is 2. The smallest absolute Gasteiger partial charge is 0.416 e. The molecule has 0 aliphatic carbocycles. The number of piperazine rings is 1. The van der Waals surface area contributed by atoms with Crippen molar-refractivity contribution in [2.75, 3.05) is 39.3 Å². The van der Waals surface area contributed by atoms with Crippen LogP contribution in [-0.2, 0) is 17.1 Å². The number of piperidine rings is 1. The Bertz CT molecular complexity index is 1200. The van der Waals surface area contributed by atoms with Gasteiger partial charge in [-0.1, -0.05) is 30.3 Å². The highest BCUT2D eigenvalue weighted by molar-refractivity contribution is 5.95. The topological polar surface area (TPSA) is 53.1 Å². The van der Waals surface area contributed by atoms with Crippen molar-refractivity contribution in [3.8, 4) is 0 Å². The number of nitrogens with zero attached hydrogens (tertiary/aromatic N) is 3. The highest BCUT2D eigenvalue weighted by Crippen LogP contribution is 2.38. The zero-order valence-corrected chi connectivity index (χ0v) is 23.1. The van der Waals surface area contributed by atoms with Gasteiger partial charge in [-0.15, -0.1) is 0 Å². The summed E-state index contributed by atoms with van der Waals surface area (Å²) in [5.41, 5.74) is -3.40. The molecule has 2 aromatic carbocycles. The van der Waals surface area contributed by atoms with E-state index in [-0.39, 0.29) is 31.1 Å². The molecule has 0 N–H and O–H groups in total. The van der Waals surface area contributed by atoms with Gasteiger partial charge in [-0.05, 0) is 51.0 Å². The van der Waals surface area contributed by atoms with Crippen molar-refractivity contribution in [1.82, 2.24) is 14.7 Å². The van der Waals surface area contributed by atoms with E-state index in [0.717, 1.165) is 5.56 Å². The van der Waals surface area contributed by atoms with E-state index in [0.29, 0.717) is 44.7 Å². The number of rotatable bonds is 3. The molecule has 0 aromatic heterocycles. The van der Waals surface area contributed by atoms with Crippen LogP contribution in [0.5, 0.6) is 0 Å². The quantitative estimate of drug-likeness (QED) is 0.399. The normalized spacial score (nSPS) is 21.1. The molecule has 2 aromatic rings. The molecule has 12 heteroatoms. The van der Waals surface area contributed by atoms with Crippen LogP contribution < -0.4 is 0 Å². The van der Waals surface area contributed by atoms with Crippen molar-refractivity contribution in [2.45, 2.75) is 57.1 Å². The Morgan fingerprint density at radius 1 is 0.780 bits per heavy atom. The van der Waals surface area contributed by atoms with E-state index in [1.54, 1.807) is 25.7 Å². The summed E-state index contributed by atoms with van der Waals surface area (Å²) in [6.07, 6.45) is -10.0. The minimum atomic E-state index is -5.04. The first kappa shape index (κ1) is 30.7. The van der Waals surface area contributed by atoms with Gasteiger partial charge in [-0.2, -0.15) is 26.3 Å². The number of halogens is 6. The zero-order chi connectivity index (χ0) is 30.2. The molecule has 0 unspecified atom stereocenters. The summed E-state index contributed by atoms with van der Waals surface area (Å²) in [5.74, 6) is -1.12. The molecule has 0 spiro atoms. The van der Waals surface area contributed by atoms with Crippen LogP contribution >= 0.6 is 0 Å². The van der Waals surface area contributed by atoms with Crippen LogP contribution in [0.2, 0.25) is 0 Å². The predicted octanol–water partition coefficient (Wildman–Crippen LogP) is 6.28. The van der Waals surface area contributed by atoms with Crippen LogP contribution in [0, 0.1) is 0 Å². The van der Waals surface area contributed by atoms with E-state index in [4.69, 9.17) is 4.74 Å². The third-order valence-electron chi connectivity index (χ3n) is 7.36. The molecule has 224 valence electrons. The number of hydrogen-bond donors (Lipinski definition) is 0. The Labute approximate surface area is 234 Å². The summed E-state index contributed by atoms with van der Waals surface area (Å²) in [6, 6.07) is 10.3. The van der Waals surface area contributed by atoms with E-state index in [2.05, 4.69) is 4.90 Å². The molecule has 2 aliphatic rings. The molecule has 6 nitrogen and oxygen atoms in total. The van der Waals surface area contributed by atoms with Gasteiger partial charge in [-0.3, -0.25) is 9.69 Å². The van der Waals surface area contributed by atoms with Crippen LogP contribution in [0.1, 0.15) is 60.2 Å². The number of hydrogen-bond acceptors (Lipinski definition) is 4. The predicted molar refractivity (Wildman–Crippen MR) is 139 cm³/mol. The SMILES string of the molecule is CC(C)(C)OC(=O)N1CCN([C@H]2CCN(C(=O)c3cc(C(F)(F)F)cc(C(F)(F)F)c3)C[C@H]2c2ccccc2)CC1. The van der Waals surface area contributed by atoms with E-state index in [9.17, 15) is 35.9 Å². The van der Waals surface area contributed by atoms with Gasteiger partial charge < -0.3 is 14.5 Å². The highest BCUT2D eigenvalue weighted by Gasteiger charge is 2.41. The van der Waals surface area contributed by atoms with Crippen LogP contribution in [0.15, 0.2) is 48.5 Å². The van der Waals surface area contributed by atoms with Gasteiger partial charge in [0.15, 0.2) is 0 Å². The number of carbonyl (C=O) groups is 2. The van der Waals surface area contributed by atoms with E-state index in [1.165, 1.54) is 4.90 Å². The first-order valence-electron chi connectivity index (χ1n) is 13.4.